The van der Waals surface area contributed by atoms with Crippen molar-refractivity contribution < 1.29 is 8.91 Å². The lowest BCUT2D eigenvalue weighted by Crippen LogP contribution is -2.28. The molecule has 0 saturated carbocycles. The minimum Gasteiger partial charge on any atom is -0.325 e. The Hall–Kier alpha value is -1.64. The fraction of sp³-hybridized carbons (Fsp3) is 0.200. The summed E-state index contributed by atoms with van der Waals surface area (Å²) in [5.74, 6) is -0.229. The molecule has 1 unspecified atom stereocenters. The Labute approximate surface area is 119 Å². The lowest BCUT2D eigenvalue weighted by atomic mass is 10.3. The fourth-order valence-electron chi connectivity index (χ4n) is 2.09. The van der Waals surface area contributed by atoms with Crippen LogP contribution in [0.4, 0.5) is 15.8 Å². The molecule has 1 heterocycles. The van der Waals surface area contributed by atoms with Gasteiger partial charge in [-0.3, -0.25) is 0 Å². The van der Waals surface area contributed by atoms with E-state index < -0.39 is 8.45 Å². The number of hydrogen-bond acceptors (Lipinski definition) is 3. The Kier molecular flexibility index (Phi) is 4.14. The molecule has 0 spiro atoms. The predicted octanol–water partition coefficient (Wildman–Crippen LogP) is 4.39. The van der Waals surface area contributed by atoms with Crippen LogP contribution in [0.1, 0.15) is 6.42 Å². The van der Waals surface area contributed by atoms with Gasteiger partial charge in [-0.05, 0) is 42.8 Å². The maximum Gasteiger partial charge on any atom is 0.245 e. The molecule has 2 aromatic carbocycles. The second-order valence-electron chi connectivity index (χ2n) is 4.54. The van der Waals surface area contributed by atoms with Gasteiger partial charge in [0.05, 0.1) is 6.61 Å². The van der Waals surface area contributed by atoms with Crippen LogP contribution in [0.25, 0.3) is 0 Å². The molecule has 20 heavy (non-hydrogen) atoms. The summed E-state index contributed by atoms with van der Waals surface area (Å²) in [4.78, 5) is 0. The first-order chi connectivity index (χ1) is 9.83. The van der Waals surface area contributed by atoms with Crippen molar-refractivity contribution in [2.24, 2.45) is 0 Å². The number of rotatable bonds is 3. The number of benzene rings is 2. The number of anilines is 2. The Morgan fingerprint density at radius 2 is 1.80 bits per heavy atom. The number of nitrogens with one attached hydrogen (secondary N) is 1. The lowest BCUT2D eigenvalue weighted by molar-refractivity contribution is 0.329. The predicted molar refractivity (Wildman–Crippen MR) is 81.3 cm³/mol. The first-order valence-electron chi connectivity index (χ1n) is 6.61. The Morgan fingerprint density at radius 1 is 1.05 bits per heavy atom. The summed E-state index contributed by atoms with van der Waals surface area (Å²) in [6.07, 6.45) is 1.01. The average molecular weight is 290 g/mol. The van der Waals surface area contributed by atoms with E-state index in [4.69, 9.17) is 4.52 Å². The molecule has 0 bridgehead atoms. The molecule has 0 radical (unpaired) electrons. The highest BCUT2D eigenvalue weighted by atomic mass is 31.2. The molecule has 1 atom stereocenters. The molecule has 3 rings (SSSR count). The summed E-state index contributed by atoms with van der Waals surface area (Å²) >= 11 is 0. The van der Waals surface area contributed by atoms with Gasteiger partial charge in [0, 0.05) is 17.9 Å². The SMILES string of the molecule is Fc1ccc(NP2OCCCN2c2ccccc2)cc1. The van der Waals surface area contributed by atoms with Crippen LogP contribution in [-0.2, 0) is 4.52 Å². The van der Waals surface area contributed by atoms with Crippen LogP contribution >= 0.6 is 8.45 Å². The summed E-state index contributed by atoms with van der Waals surface area (Å²) in [6, 6.07) is 16.6. The van der Waals surface area contributed by atoms with Crippen molar-refractivity contribution in [1.29, 1.82) is 0 Å². The van der Waals surface area contributed by atoms with E-state index in [0.717, 1.165) is 30.9 Å². The van der Waals surface area contributed by atoms with E-state index in [0.29, 0.717) is 0 Å². The Balaban J connectivity index is 1.77. The minimum absolute atomic E-state index is 0.229. The summed E-state index contributed by atoms with van der Waals surface area (Å²) in [5.41, 5.74) is 2.02. The van der Waals surface area contributed by atoms with Gasteiger partial charge in [0.25, 0.3) is 0 Å². The van der Waals surface area contributed by atoms with Crippen molar-refractivity contribution in [3.05, 3.63) is 60.4 Å². The van der Waals surface area contributed by atoms with E-state index in [-0.39, 0.29) is 5.82 Å². The number of halogens is 1. The molecule has 3 nitrogen and oxygen atoms in total. The van der Waals surface area contributed by atoms with Crippen LogP contribution in [0.5, 0.6) is 0 Å². The molecular formula is C15H16FN2OP. The van der Waals surface area contributed by atoms with E-state index in [1.54, 1.807) is 12.1 Å². The highest BCUT2D eigenvalue weighted by molar-refractivity contribution is 7.56. The molecule has 0 amide bonds. The van der Waals surface area contributed by atoms with Gasteiger partial charge >= 0.3 is 0 Å². The molecule has 1 fully saturated rings. The molecule has 2 aromatic rings. The maximum atomic E-state index is 12.9. The van der Waals surface area contributed by atoms with Gasteiger partial charge < -0.3 is 14.3 Å². The Bertz CT molecular complexity index is 550. The van der Waals surface area contributed by atoms with E-state index in [1.165, 1.54) is 12.1 Å². The van der Waals surface area contributed by atoms with Gasteiger partial charge in [0.1, 0.15) is 5.82 Å². The normalized spacial score (nSPS) is 18.9. The van der Waals surface area contributed by atoms with Crippen LogP contribution in [0, 0.1) is 5.82 Å². The van der Waals surface area contributed by atoms with Gasteiger partial charge in [0.2, 0.25) is 8.45 Å². The van der Waals surface area contributed by atoms with Crippen molar-refractivity contribution in [2.45, 2.75) is 6.42 Å². The first kappa shape index (κ1) is 13.3. The van der Waals surface area contributed by atoms with Gasteiger partial charge in [-0.15, -0.1) is 0 Å². The highest BCUT2D eigenvalue weighted by Crippen LogP contribution is 2.47. The Morgan fingerprint density at radius 3 is 2.55 bits per heavy atom. The smallest absolute Gasteiger partial charge is 0.245 e. The van der Waals surface area contributed by atoms with Crippen molar-refractivity contribution in [3.8, 4) is 0 Å². The monoisotopic (exact) mass is 290 g/mol. The summed E-state index contributed by atoms with van der Waals surface area (Å²) in [7, 11) is -0.936. The van der Waals surface area contributed by atoms with Gasteiger partial charge in [-0.2, -0.15) is 0 Å². The van der Waals surface area contributed by atoms with Crippen molar-refractivity contribution in [3.63, 3.8) is 0 Å². The van der Waals surface area contributed by atoms with Crippen LogP contribution in [-0.4, -0.2) is 13.2 Å². The van der Waals surface area contributed by atoms with Gasteiger partial charge in [-0.25, -0.2) is 4.39 Å². The largest absolute Gasteiger partial charge is 0.325 e. The van der Waals surface area contributed by atoms with E-state index >= 15 is 0 Å². The summed E-state index contributed by atoms with van der Waals surface area (Å²) < 4.78 is 21.0. The quantitative estimate of drug-likeness (QED) is 0.848. The maximum absolute atomic E-state index is 12.9. The van der Waals surface area contributed by atoms with Crippen molar-refractivity contribution >= 4 is 19.8 Å². The second kappa shape index (κ2) is 6.21. The topological polar surface area (TPSA) is 24.5 Å². The molecule has 0 aromatic heterocycles. The molecule has 1 aliphatic rings. The van der Waals surface area contributed by atoms with Crippen LogP contribution in [0.2, 0.25) is 0 Å². The molecule has 1 saturated heterocycles. The van der Waals surface area contributed by atoms with Crippen molar-refractivity contribution in [1.82, 2.24) is 0 Å². The molecule has 1 aliphatic heterocycles. The third-order valence-electron chi connectivity index (χ3n) is 3.07. The van der Waals surface area contributed by atoms with Crippen LogP contribution < -0.4 is 9.76 Å². The fourth-order valence-corrected chi connectivity index (χ4v) is 3.75. The average Bonchev–Trinajstić information content (AvgIpc) is 2.51. The zero-order chi connectivity index (χ0) is 13.8. The first-order valence-corrected chi connectivity index (χ1v) is 7.82. The standard InChI is InChI=1S/C15H16FN2OP/c16-13-7-9-14(10-8-13)17-20-18(11-4-12-19-20)15-5-2-1-3-6-15/h1-3,5-10,17H,4,11-12H2. The van der Waals surface area contributed by atoms with Gasteiger partial charge in [-0.1, -0.05) is 18.2 Å². The van der Waals surface area contributed by atoms with Crippen LogP contribution in [0.15, 0.2) is 54.6 Å². The van der Waals surface area contributed by atoms with Gasteiger partial charge in [0.15, 0.2) is 0 Å². The number of hydrogen-bond donors (Lipinski definition) is 1. The van der Waals surface area contributed by atoms with Crippen LogP contribution in [0.3, 0.4) is 0 Å². The third kappa shape index (κ3) is 3.09. The van der Waals surface area contributed by atoms with E-state index in [1.807, 2.05) is 18.2 Å². The lowest BCUT2D eigenvalue weighted by Gasteiger charge is -2.36. The summed E-state index contributed by atoms with van der Waals surface area (Å²) in [6.45, 7) is 1.72. The van der Waals surface area contributed by atoms with E-state index in [9.17, 15) is 4.39 Å². The zero-order valence-corrected chi connectivity index (χ0v) is 11.9. The molecule has 104 valence electrons. The van der Waals surface area contributed by atoms with Crippen molar-refractivity contribution in [2.75, 3.05) is 22.9 Å². The zero-order valence-electron chi connectivity index (χ0n) is 11.0. The summed E-state index contributed by atoms with van der Waals surface area (Å²) in [5, 5.41) is 3.36. The molecular weight excluding hydrogens is 274 g/mol. The minimum atomic E-state index is -0.936. The number of nitrogens with zero attached hydrogens (tertiary/aromatic N) is 1. The molecule has 1 N–H and O–H groups in total. The second-order valence-corrected chi connectivity index (χ2v) is 6.05. The molecule has 5 heteroatoms. The molecule has 0 aliphatic carbocycles. The highest BCUT2D eigenvalue weighted by Gasteiger charge is 2.24. The third-order valence-corrected chi connectivity index (χ3v) is 4.82. The van der Waals surface area contributed by atoms with E-state index in [2.05, 4.69) is 21.9 Å². The number of para-hydroxylation sites is 1.